The second-order valence-corrected chi connectivity index (χ2v) is 7.48. The molecular weight excluding hydrogens is 364 g/mol. The molecule has 1 aromatic carbocycles. The minimum absolute atomic E-state index is 0.156. The number of nitrogens with zero attached hydrogens (tertiary/aromatic N) is 2. The van der Waals surface area contributed by atoms with E-state index in [1.54, 1.807) is 6.07 Å². The molecule has 2 aromatic rings. The molecule has 1 fully saturated rings. The Hall–Kier alpha value is -2.25. The molecule has 1 saturated heterocycles. The molecule has 1 N–H and O–H groups in total. The molecule has 2 aliphatic rings. The van der Waals surface area contributed by atoms with Crippen molar-refractivity contribution in [1.29, 1.82) is 0 Å². The van der Waals surface area contributed by atoms with Crippen molar-refractivity contribution in [3.05, 3.63) is 57.9 Å². The van der Waals surface area contributed by atoms with E-state index in [1.165, 1.54) is 11.6 Å². The molecule has 0 unspecified atom stereocenters. The number of ether oxygens (including phenoxy) is 1. The first-order valence-electron chi connectivity index (χ1n) is 9.83. The van der Waals surface area contributed by atoms with E-state index in [2.05, 4.69) is 5.43 Å². The molecule has 0 spiro atoms. The Labute approximate surface area is 163 Å². The molecule has 0 bridgehead atoms. The van der Waals surface area contributed by atoms with E-state index in [-0.39, 0.29) is 5.91 Å². The van der Waals surface area contributed by atoms with Crippen LogP contribution in [0.3, 0.4) is 0 Å². The molecule has 2 heterocycles. The average molecular weight is 389 g/mol. The van der Waals surface area contributed by atoms with Crippen molar-refractivity contribution in [2.45, 2.75) is 39.2 Å². The topological polar surface area (TPSA) is 46.5 Å². The van der Waals surface area contributed by atoms with E-state index in [0.717, 1.165) is 43.0 Å². The van der Waals surface area contributed by atoms with E-state index >= 15 is 0 Å². The van der Waals surface area contributed by atoms with Gasteiger partial charge in [0, 0.05) is 25.3 Å². The Balaban J connectivity index is 1.68. The van der Waals surface area contributed by atoms with Crippen molar-refractivity contribution >= 4 is 5.91 Å². The summed E-state index contributed by atoms with van der Waals surface area (Å²) in [7, 11) is 0. The molecule has 0 radical (unpaired) electrons. The van der Waals surface area contributed by atoms with Gasteiger partial charge in [0.1, 0.15) is 5.69 Å². The lowest BCUT2D eigenvalue weighted by Gasteiger charge is -2.27. The third-order valence-electron chi connectivity index (χ3n) is 5.65. The van der Waals surface area contributed by atoms with Gasteiger partial charge in [-0.3, -0.25) is 10.2 Å². The highest BCUT2D eigenvalue weighted by atomic mass is 19.2. The third-order valence-corrected chi connectivity index (χ3v) is 5.65. The number of nitrogens with one attached hydrogen (secondary N) is 1. The van der Waals surface area contributed by atoms with Crippen molar-refractivity contribution in [1.82, 2.24) is 15.0 Å². The van der Waals surface area contributed by atoms with Crippen LogP contribution in [0.25, 0.3) is 0 Å². The molecule has 1 aliphatic heterocycles. The molecule has 1 aromatic heterocycles. The fourth-order valence-corrected chi connectivity index (χ4v) is 4.23. The third kappa shape index (κ3) is 3.69. The fraction of sp³-hybridized carbons (Fsp3) is 0.476. The van der Waals surface area contributed by atoms with Crippen LogP contribution in [0.5, 0.6) is 0 Å². The van der Waals surface area contributed by atoms with Crippen molar-refractivity contribution in [3.63, 3.8) is 0 Å². The molecule has 28 heavy (non-hydrogen) atoms. The van der Waals surface area contributed by atoms with Crippen molar-refractivity contribution in [2.75, 3.05) is 26.3 Å². The molecule has 1 amide bonds. The van der Waals surface area contributed by atoms with Crippen molar-refractivity contribution in [2.24, 2.45) is 0 Å². The second-order valence-electron chi connectivity index (χ2n) is 7.48. The number of rotatable bonds is 4. The summed E-state index contributed by atoms with van der Waals surface area (Å²) in [4.78, 5) is 13.1. The number of hydrogen-bond donors (Lipinski definition) is 1. The van der Waals surface area contributed by atoms with Crippen LogP contribution < -0.4 is 5.43 Å². The number of hydrogen-bond acceptors (Lipinski definition) is 3. The Morgan fingerprint density at radius 1 is 1.14 bits per heavy atom. The Morgan fingerprint density at radius 2 is 1.89 bits per heavy atom. The van der Waals surface area contributed by atoms with Crippen LogP contribution in [0.4, 0.5) is 8.78 Å². The largest absolute Gasteiger partial charge is 0.379 e. The average Bonchev–Trinajstić information content (AvgIpc) is 2.98. The van der Waals surface area contributed by atoms with Gasteiger partial charge in [-0.25, -0.2) is 13.8 Å². The van der Waals surface area contributed by atoms with Gasteiger partial charge in [-0.15, -0.1) is 0 Å². The van der Waals surface area contributed by atoms with Gasteiger partial charge < -0.3 is 9.30 Å². The molecule has 1 aliphatic carbocycles. The molecule has 7 heteroatoms. The predicted octanol–water partition coefficient (Wildman–Crippen LogP) is 2.98. The summed E-state index contributed by atoms with van der Waals surface area (Å²) < 4.78 is 34.4. The number of halogens is 2. The lowest BCUT2D eigenvalue weighted by molar-refractivity contribution is 0.0123. The standard InChI is InChI=1S/C21H25F2N3O2/c1-14-16-4-2-3-5-19(16)26(13-15-6-7-17(22)18(23)12-15)20(14)21(27)24-25-8-10-28-11-9-25/h6-7,12H,2-5,8-11,13H2,1H3,(H,24,27). The number of hydrazine groups is 1. The number of morpholine rings is 1. The minimum atomic E-state index is -0.866. The summed E-state index contributed by atoms with van der Waals surface area (Å²) in [5, 5.41) is 1.87. The van der Waals surface area contributed by atoms with Crippen molar-refractivity contribution < 1.29 is 18.3 Å². The molecule has 5 nitrogen and oxygen atoms in total. The van der Waals surface area contributed by atoms with E-state index in [4.69, 9.17) is 4.74 Å². The van der Waals surface area contributed by atoms with E-state index in [1.807, 2.05) is 16.5 Å². The monoisotopic (exact) mass is 389 g/mol. The Bertz CT molecular complexity index is 888. The number of fused-ring (bicyclic) bond motifs is 1. The molecule has 150 valence electrons. The van der Waals surface area contributed by atoms with Crippen LogP contribution in [0, 0.1) is 18.6 Å². The van der Waals surface area contributed by atoms with Crippen LogP contribution in [-0.4, -0.2) is 41.8 Å². The molecular formula is C21H25F2N3O2. The lowest BCUT2D eigenvalue weighted by Crippen LogP contribution is -2.48. The fourth-order valence-electron chi connectivity index (χ4n) is 4.23. The van der Waals surface area contributed by atoms with Crippen LogP contribution in [0.15, 0.2) is 18.2 Å². The first-order valence-corrected chi connectivity index (χ1v) is 9.83. The SMILES string of the molecule is Cc1c2c(n(Cc3ccc(F)c(F)c3)c1C(=O)NN1CCOCC1)CCCC2. The van der Waals surface area contributed by atoms with Crippen LogP contribution in [0.1, 0.15) is 45.7 Å². The van der Waals surface area contributed by atoms with Gasteiger partial charge >= 0.3 is 0 Å². The first kappa shape index (κ1) is 19.1. The second kappa shape index (κ2) is 8.01. The maximum atomic E-state index is 13.7. The smallest absolute Gasteiger partial charge is 0.282 e. The molecule has 0 atom stereocenters. The van der Waals surface area contributed by atoms with Gasteiger partial charge in [0.15, 0.2) is 11.6 Å². The van der Waals surface area contributed by atoms with Crippen molar-refractivity contribution in [3.8, 4) is 0 Å². The van der Waals surface area contributed by atoms with Gasteiger partial charge in [-0.2, -0.15) is 0 Å². The first-order chi connectivity index (χ1) is 13.5. The Kier molecular flexibility index (Phi) is 5.46. The summed E-state index contributed by atoms with van der Waals surface area (Å²) in [6.07, 6.45) is 4.01. The summed E-state index contributed by atoms with van der Waals surface area (Å²) in [6.45, 7) is 4.80. The summed E-state index contributed by atoms with van der Waals surface area (Å²) in [6, 6.07) is 3.93. The zero-order valence-corrected chi connectivity index (χ0v) is 16.1. The highest BCUT2D eigenvalue weighted by Crippen LogP contribution is 2.30. The predicted molar refractivity (Wildman–Crippen MR) is 101 cm³/mol. The number of carbonyl (C=O) groups excluding carboxylic acids is 1. The van der Waals surface area contributed by atoms with Gasteiger partial charge in [0.25, 0.3) is 5.91 Å². The number of aromatic nitrogens is 1. The van der Waals surface area contributed by atoms with E-state index in [9.17, 15) is 13.6 Å². The van der Waals surface area contributed by atoms with Gasteiger partial charge in [0.05, 0.1) is 13.2 Å². The number of amides is 1. The minimum Gasteiger partial charge on any atom is -0.379 e. The number of benzene rings is 1. The van der Waals surface area contributed by atoms with Crippen LogP contribution in [0.2, 0.25) is 0 Å². The van der Waals surface area contributed by atoms with Crippen LogP contribution in [-0.2, 0) is 24.1 Å². The highest BCUT2D eigenvalue weighted by Gasteiger charge is 2.27. The lowest BCUT2D eigenvalue weighted by atomic mass is 9.95. The van der Waals surface area contributed by atoms with E-state index in [0.29, 0.717) is 44.1 Å². The quantitative estimate of drug-likeness (QED) is 0.875. The highest BCUT2D eigenvalue weighted by molar-refractivity contribution is 5.94. The zero-order chi connectivity index (χ0) is 19.7. The summed E-state index contributed by atoms with van der Waals surface area (Å²) in [5.41, 5.74) is 7.60. The molecule has 4 rings (SSSR count). The normalized spacial score (nSPS) is 17.4. The molecule has 0 saturated carbocycles. The Morgan fingerprint density at radius 3 is 2.64 bits per heavy atom. The maximum absolute atomic E-state index is 13.7. The van der Waals surface area contributed by atoms with Gasteiger partial charge in [0.2, 0.25) is 0 Å². The summed E-state index contributed by atoms with van der Waals surface area (Å²) >= 11 is 0. The summed E-state index contributed by atoms with van der Waals surface area (Å²) in [5.74, 6) is -1.88. The van der Waals surface area contributed by atoms with Crippen LogP contribution >= 0.6 is 0 Å². The van der Waals surface area contributed by atoms with Gasteiger partial charge in [-0.05, 0) is 61.4 Å². The van der Waals surface area contributed by atoms with Gasteiger partial charge in [-0.1, -0.05) is 6.07 Å². The number of carbonyl (C=O) groups is 1. The maximum Gasteiger partial charge on any atom is 0.282 e. The van der Waals surface area contributed by atoms with E-state index < -0.39 is 11.6 Å². The zero-order valence-electron chi connectivity index (χ0n) is 16.1.